The van der Waals surface area contributed by atoms with Crippen LogP contribution in [0.5, 0.6) is 5.75 Å². The first-order chi connectivity index (χ1) is 9.52. The first-order valence-electron chi connectivity index (χ1n) is 6.59. The molecule has 0 aromatic heterocycles. The van der Waals surface area contributed by atoms with Crippen molar-refractivity contribution in [3.63, 3.8) is 0 Å². The van der Waals surface area contributed by atoms with Crippen LogP contribution in [0.15, 0.2) is 40.9 Å². The van der Waals surface area contributed by atoms with E-state index in [1.807, 2.05) is 30.3 Å². The molecule has 20 heavy (non-hydrogen) atoms. The van der Waals surface area contributed by atoms with Crippen LogP contribution in [0.2, 0.25) is 0 Å². The second-order valence-corrected chi connectivity index (χ2v) is 5.82. The van der Waals surface area contributed by atoms with E-state index in [2.05, 4.69) is 35.8 Å². The Bertz CT molecular complexity index is 608. The minimum Gasteiger partial charge on any atom is -0.497 e. The average molecular weight is 335 g/mol. The summed E-state index contributed by atoms with van der Waals surface area (Å²) in [4.78, 5) is 0. The SMILES string of the molecule is COc1ccc(Br)c(CC(O)c2cccc(C)c2C)c1. The molecule has 0 radical (unpaired) electrons. The van der Waals surface area contributed by atoms with E-state index in [9.17, 15) is 5.11 Å². The number of aryl methyl sites for hydroxylation is 1. The van der Waals surface area contributed by atoms with Crippen LogP contribution in [0.1, 0.15) is 28.4 Å². The van der Waals surface area contributed by atoms with Gasteiger partial charge in [0.05, 0.1) is 13.2 Å². The molecule has 0 aliphatic rings. The van der Waals surface area contributed by atoms with E-state index >= 15 is 0 Å². The molecule has 0 saturated heterocycles. The van der Waals surface area contributed by atoms with Crippen molar-refractivity contribution < 1.29 is 9.84 Å². The molecule has 2 nitrogen and oxygen atoms in total. The van der Waals surface area contributed by atoms with Crippen molar-refractivity contribution in [1.29, 1.82) is 0 Å². The number of benzene rings is 2. The van der Waals surface area contributed by atoms with E-state index in [1.165, 1.54) is 5.56 Å². The summed E-state index contributed by atoms with van der Waals surface area (Å²) in [5.74, 6) is 0.802. The van der Waals surface area contributed by atoms with E-state index in [1.54, 1.807) is 7.11 Å². The standard InChI is InChI=1S/C17H19BrO2/c1-11-5-4-6-15(12(11)2)17(19)10-13-9-14(20-3)7-8-16(13)18/h4-9,17,19H,10H2,1-3H3. The molecule has 2 rings (SSSR count). The summed E-state index contributed by atoms with van der Waals surface area (Å²) in [7, 11) is 1.65. The van der Waals surface area contributed by atoms with Gasteiger partial charge in [-0.2, -0.15) is 0 Å². The summed E-state index contributed by atoms with van der Waals surface area (Å²) in [5.41, 5.74) is 4.38. The van der Waals surface area contributed by atoms with Crippen molar-refractivity contribution in [2.45, 2.75) is 26.4 Å². The molecule has 0 bridgehead atoms. The number of aliphatic hydroxyl groups excluding tert-OH is 1. The fourth-order valence-corrected chi connectivity index (χ4v) is 2.70. The molecule has 0 heterocycles. The summed E-state index contributed by atoms with van der Waals surface area (Å²) in [6, 6.07) is 11.8. The molecule has 1 unspecified atom stereocenters. The summed E-state index contributed by atoms with van der Waals surface area (Å²) in [6.07, 6.45) is 0.0422. The first kappa shape index (κ1) is 15.1. The van der Waals surface area contributed by atoms with E-state index in [0.29, 0.717) is 6.42 Å². The van der Waals surface area contributed by atoms with Crippen molar-refractivity contribution >= 4 is 15.9 Å². The lowest BCUT2D eigenvalue weighted by Gasteiger charge is -2.16. The second kappa shape index (κ2) is 6.42. The lowest BCUT2D eigenvalue weighted by molar-refractivity contribution is 0.177. The third-order valence-corrected chi connectivity index (χ3v) is 4.45. The molecule has 1 N–H and O–H groups in total. The van der Waals surface area contributed by atoms with Gasteiger partial charge in [-0.25, -0.2) is 0 Å². The van der Waals surface area contributed by atoms with Crippen LogP contribution in [0, 0.1) is 13.8 Å². The third kappa shape index (κ3) is 3.22. The van der Waals surface area contributed by atoms with Crippen molar-refractivity contribution in [3.05, 3.63) is 63.1 Å². The van der Waals surface area contributed by atoms with E-state index in [-0.39, 0.29) is 0 Å². The Hall–Kier alpha value is -1.32. The van der Waals surface area contributed by atoms with E-state index in [4.69, 9.17) is 4.74 Å². The number of rotatable bonds is 4. The minimum atomic E-state index is -0.515. The van der Waals surface area contributed by atoms with Gasteiger partial charge in [-0.15, -0.1) is 0 Å². The average Bonchev–Trinajstić information content (AvgIpc) is 2.44. The number of hydrogen-bond donors (Lipinski definition) is 1. The fraction of sp³-hybridized carbons (Fsp3) is 0.294. The lowest BCUT2D eigenvalue weighted by Crippen LogP contribution is -2.05. The Balaban J connectivity index is 2.27. The number of methoxy groups -OCH3 is 1. The van der Waals surface area contributed by atoms with Crippen molar-refractivity contribution in [1.82, 2.24) is 0 Å². The normalized spacial score (nSPS) is 12.2. The largest absolute Gasteiger partial charge is 0.497 e. The van der Waals surface area contributed by atoms with Gasteiger partial charge in [0.2, 0.25) is 0 Å². The molecule has 0 saturated carbocycles. The fourth-order valence-electron chi connectivity index (χ4n) is 2.29. The van der Waals surface area contributed by atoms with E-state index < -0.39 is 6.10 Å². The highest BCUT2D eigenvalue weighted by Crippen LogP contribution is 2.29. The monoisotopic (exact) mass is 334 g/mol. The Morgan fingerprint density at radius 3 is 2.65 bits per heavy atom. The molecular formula is C17H19BrO2. The second-order valence-electron chi connectivity index (χ2n) is 4.97. The Morgan fingerprint density at radius 1 is 1.20 bits per heavy atom. The minimum absolute atomic E-state index is 0.515. The maximum Gasteiger partial charge on any atom is 0.119 e. The number of ether oxygens (including phenoxy) is 1. The van der Waals surface area contributed by atoms with Gasteiger partial charge in [0, 0.05) is 10.9 Å². The molecule has 106 valence electrons. The van der Waals surface area contributed by atoms with Gasteiger partial charge in [-0.05, 0) is 54.3 Å². The number of hydrogen-bond acceptors (Lipinski definition) is 2. The number of aliphatic hydroxyl groups is 1. The number of halogens is 1. The molecule has 3 heteroatoms. The molecular weight excluding hydrogens is 316 g/mol. The zero-order valence-corrected chi connectivity index (χ0v) is 13.6. The smallest absolute Gasteiger partial charge is 0.119 e. The van der Waals surface area contributed by atoms with Crippen LogP contribution in [-0.4, -0.2) is 12.2 Å². The van der Waals surface area contributed by atoms with Gasteiger partial charge in [-0.1, -0.05) is 34.1 Å². The Morgan fingerprint density at radius 2 is 1.95 bits per heavy atom. The highest BCUT2D eigenvalue weighted by atomic mass is 79.9. The van der Waals surface area contributed by atoms with Gasteiger partial charge < -0.3 is 9.84 Å². The highest BCUT2D eigenvalue weighted by molar-refractivity contribution is 9.10. The zero-order valence-electron chi connectivity index (χ0n) is 12.0. The summed E-state index contributed by atoms with van der Waals surface area (Å²) in [6.45, 7) is 4.11. The highest BCUT2D eigenvalue weighted by Gasteiger charge is 2.14. The van der Waals surface area contributed by atoms with Crippen LogP contribution in [-0.2, 0) is 6.42 Å². The van der Waals surface area contributed by atoms with Gasteiger partial charge in [-0.3, -0.25) is 0 Å². The van der Waals surface area contributed by atoms with Crippen LogP contribution in [0.3, 0.4) is 0 Å². The van der Waals surface area contributed by atoms with Crippen LogP contribution in [0.4, 0.5) is 0 Å². The molecule has 2 aromatic rings. The van der Waals surface area contributed by atoms with Gasteiger partial charge in [0.15, 0.2) is 0 Å². The predicted molar refractivity (Wildman–Crippen MR) is 85.3 cm³/mol. The first-order valence-corrected chi connectivity index (χ1v) is 7.39. The van der Waals surface area contributed by atoms with Crippen molar-refractivity contribution in [2.75, 3.05) is 7.11 Å². The Labute approximate surface area is 128 Å². The summed E-state index contributed by atoms with van der Waals surface area (Å²) >= 11 is 3.53. The van der Waals surface area contributed by atoms with Crippen molar-refractivity contribution in [2.24, 2.45) is 0 Å². The molecule has 0 fully saturated rings. The van der Waals surface area contributed by atoms with Crippen LogP contribution < -0.4 is 4.74 Å². The zero-order chi connectivity index (χ0) is 14.7. The molecule has 2 aromatic carbocycles. The maximum atomic E-state index is 10.5. The van der Waals surface area contributed by atoms with Crippen LogP contribution >= 0.6 is 15.9 Å². The van der Waals surface area contributed by atoms with Crippen LogP contribution in [0.25, 0.3) is 0 Å². The molecule has 0 amide bonds. The predicted octanol–water partition coefficient (Wildman–Crippen LogP) is 4.35. The molecule has 0 aliphatic heterocycles. The summed E-state index contributed by atoms with van der Waals surface area (Å²) < 4.78 is 6.23. The quantitative estimate of drug-likeness (QED) is 0.900. The van der Waals surface area contributed by atoms with Gasteiger partial charge >= 0.3 is 0 Å². The molecule has 0 aliphatic carbocycles. The third-order valence-electron chi connectivity index (χ3n) is 3.67. The lowest BCUT2D eigenvalue weighted by atomic mass is 9.95. The van der Waals surface area contributed by atoms with Gasteiger partial charge in [0.1, 0.15) is 5.75 Å². The van der Waals surface area contributed by atoms with Gasteiger partial charge in [0.25, 0.3) is 0 Å². The topological polar surface area (TPSA) is 29.5 Å². The molecule has 1 atom stereocenters. The molecule has 0 spiro atoms. The maximum absolute atomic E-state index is 10.5. The van der Waals surface area contributed by atoms with Crippen molar-refractivity contribution in [3.8, 4) is 5.75 Å². The Kier molecular flexibility index (Phi) is 4.84. The van der Waals surface area contributed by atoms with E-state index in [0.717, 1.165) is 26.9 Å². The summed E-state index contributed by atoms with van der Waals surface area (Å²) in [5, 5.41) is 10.5.